The Hall–Kier alpha value is -2.98. The first kappa shape index (κ1) is 19.3. The minimum Gasteiger partial charge on any atom is -0.468 e. The zero-order valence-corrected chi connectivity index (χ0v) is 17.5. The Bertz CT molecular complexity index is 1380. The molecule has 0 radical (unpaired) electrons. The van der Waals surface area contributed by atoms with Gasteiger partial charge in [0.05, 0.1) is 22.8 Å². The number of oxazole rings is 1. The number of ether oxygens (including phenoxy) is 1. The molecule has 0 aliphatic rings. The van der Waals surface area contributed by atoms with E-state index in [2.05, 4.69) is 20.9 Å². The van der Waals surface area contributed by atoms with Gasteiger partial charge in [-0.1, -0.05) is 39.4 Å². The number of benzene rings is 2. The number of hydrogen-bond acceptors (Lipinski definition) is 6. The van der Waals surface area contributed by atoms with Crippen molar-refractivity contribution < 1.29 is 18.7 Å². The Balaban J connectivity index is 1.77. The molecule has 4 aromatic rings. The predicted octanol–water partition coefficient (Wildman–Crippen LogP) is 2.67. The largest absolute Gasteiger partial charge is 0.468 e. The van der Waals surface area contributed by atoms with Gasteiger partial charge in [-0.15, -0.1) is 0 Å². The average Bonchev–Trinajstić information content (AvgIpc) is 3.18. The summed E-state index contributed by atoms with van der Waals surface area (Å²) in [7, 11) is 1.30. The molecule has 1 amide bonds. The second kappa shape index (κ2) is 7.80. The summed E-state index contributed by atoms with van der Waals surface area (Å²) in [6.45, 7) is -0.356. The molecule has 148 valence electrons. The number of nitrogens with zero attached hydrogens (tertiary/aromatic N) is 3. The van der Waals surface area contributed by atoms with Crippen LogP contribution in [0.2, 0.25) is 0 Å². The molecule has 0 saturated carbocycles. The molecule has 2 heterocycles. The fourth-order valence-electron chi connectivity index (χ4n) is 2.92. The lowest BCUT2D eigenvalue weighted by atomic mass is 10.3. The molecule has 0 fully saturated rings. The number of hydrogen-bond donors (Lipinski definition) is 0. The lowest BCUT2D eigenvalue weighted by Gasteiger charge is -2.03. The molecule has 0 bridgehead atoms. The van der Waals surface area contributed by atoms with Crippen molar-refractivity contribution in [2.24, 2.45) is 4.99 Å². The molecule has 0 aliphatic carbocycles. The van der Waals surface area contributed by atoms with Crippen molar-refractivity contribution in [2.75, 3.05) is 7.11 Å². The number of methoxy groups -OCH3 is 1. The van der Waals surface area contributed by atoms with Gasteiger partial charge in [0.1, 0.15) is 13.1 Å². The molecular formula is C19H14BrN3O5S. The zero-order valence-electron chi connectivity index (χ0n) is 15.1. The van der Waals surface area contributed by atoms with Crippen LogP contribution in [0.4, 0.5) is 0 Å². The van der Waals surface area contributed by atoms with E-state index in [0.29, 0.717) is 15.9 Å². The van der Waals surface area contributed by atoms with Crippen molar-refractivity contribution >= 4 is 60.5 Å². The quantitative estimate of drug-likeness (QED) is 0.422. The van der Waals surface area contributed by atoms with Crippen LogP contribution >= 0.6 is 27.3 Å². The number of aromatic nitrogens is 2. The van der Waals surface area contributed by atoms with Gasteiger partial charge in [0.15, 0.2) is 10.4 Å². The van der Waals surface area contributed by atoms with Crippen molar-refractivity contribution in [3.63, 3.8) is 0 Å². The highest BCUT2D eigenvalue weighted by atomic mass is 79.9. The van der Waals surface area contributed by atoms with E-state index in [0.717, 1.165) is 14.7 Å². The van der Waals surface area contributed by atoms with Crippen LogP contribution in [-0.2, 0) is 27.4 Å². The number of esters is 1. The van der Waals surface area contributed by atoms with E-state index >= 15 is 0 Å². The topological polar surface area (TPSA) is 95.8 Å². The fourth-order valence-corrected chi connectivity index (χ4v) is 4.52. The van der Waals surface area contributed by atoms with Crippen LogP contribution in [0, 0.1) is 0 Å². The molecule has 29 heavy (non-hydrogen) atoms. The minimum atomic E-state index is -0.627. The summed E-state index contributed by atoms with van der Waals surface area (Å²) >= 11 is 4.68. The normalized spacial score (nSPS) is 12.0. The highest BCUT2D eigenvalue weighted by molar-refractivity contribution is 9.10. The first-order chi connectivity index (χ1) is 14.0. The van der Waals surface area contributed by atoms with E-state index < -0.39 is 17.6 Å². The maximum Gasteiger partial charge on any atom is 0.420 e. The second-order valence-electron chi connectivity index (χ2n) is 6.09. The summed E-state index contributed by atoms with van der Waals surface area (Å²) < 4.78 is 14.5. The number of para-hydroxylation sites is 2. The molecular weight excluding hydrogens is 462 g/mol. The Kier molecular flexibility index (Phi) is 5.20. The van der Waals surface area contributed by atoms with Gasteiger partial charge < -0.3 is 13.7 Å². The van der Waals surface area contributed by atoms with E-state index in [1.165, 1.54) is 23.0 Å². The molecule has 0 saturated heterocycles. The lowest BCUT2D eigenvalue weighted by Crippen LogP contribution is -2.24. The van der Waals surface area contributed by atoms with Gasteiger partial charge in [0.25, 0.3) is 5.91 Å². The molecule has 4 rings (SSSR count). The molecule has 0 spiro atoms. The first-order valence-electron chi connectivity index (χ1n) is 8.48. The maximum absolute atomic E-state index is 12.6. The van der Waals surface area contributed by atoms with E-state index in [-0.39, 0.29) is 13.1 Å². The zero-order chi connectivity index (χ0) is 20.5. The maximum atomic E-state index is 12.6. The highest BCUT2D eigenvalue weighted by Gasteiger charge is 2.15. The molecule has 2 aromatic carbocycles. The molecule has 8 nitrogen and oxygen atoms in total. The third-order valence-corrected chi connectivity index (χ3v) is 5.78. The van der Waals surface area contributed by atoms with Crippen molar-refractivity contribution in [1.29, 1.82) is 0 Å². The van der Waals surface area contributed by atoms with Crippen LogP contribution in [0.5, 0.6) is 0 Å². The van der Waals surface area contributed by atoms with E-state index in [9.17, 15) is 14.4 Å². The van der Waals surface area contributed by atoms with Crippen LogP contribution < -0.4 is 10.6 Å². The van der Waals surface area contributed by atoms with Crippen molar-refractivity contribution in [3.8, 4) is 0 Å². The Morgan fingerprint density at radius 2 is 1.93 bits per heavy atom. The molecule has 10 heteroatoms. The van der Waals surface area contributed by atoms with Gasteiger partial charge in [0, 0.05) is 4.47 Å². The van der Waals surface area contributed by atoms with Gasteiger partial charge in [0.2, 0.25) is 0 Å². The number of thiazole rings is 1. The van der Waals surface area contributed by atoms with Gasteiger partial charge in [-0.3, -0.25) is 14.2 Å². The number of rotatable bonds is 4. The summed E-state index contributed by atoms with van der Waals surface area (Å²) in [5.41, 5.74) is 1.67. The van der Waals surface area contributed by atoms with Gasteiger partial charge >= 0.3 is 11.7 Å². The second-order valence-corrected chi connectivity index (χ2v) is 8.01. The highest BCUT2D eigenvalue weighted by Crippen LogP contribution is 2.22. The monoisotopic (exact) mass is 475 g/mol. The number of halogens is 1. The summed E-state index contributed by atoms with van der Waals surface area (Å²) in [4.78, 5) is 41.1. The average molecular weight is 476 g/mol. The van der Waals surface area contributed by atoms with Crippen LogP contribution in [-0.4, -0.2) is 28.1 Å². The fraction of sp³-hybridized carbons (Fsp3) is 0.158. The SMILES string of the molecule is COC(=O)Cn1c(=NC(=O)Cn2c(=O)oc3ccccc32)sc2cc(Br)ccc21. The number of carbonyl (C=O) groups excluding carboxylic acids is 2. The van der Waals surface area contributed by atoms with E-state index in [1.807, 2.05) is 18.2 Å². The summed E-state index contributed by atoms with van der Waals surface area (Å²) in [5.74, 6) is -1.63. The van der Waals surface area contributed by atoms with Crippen LogP contribution in [0.25, 0.3) is 21.3 Å². The lowest BCUT2D eigenvalue weighted by molar-refractivity contribution is -0.141. The number of fused-ring (bicyclic) bond motifs is 2. The summed E-state index contributed by atoms with van der Waals surface area (Å²) in [5, 5.41) is 0. The smallest absolute Gasteiger partial charge is 0.420 e. The van der Waals surface area contributed by atoms with Crippen LogP contribution in [0.1, 0.15) is 0 Å². The van der Waals surface area contributed by atoms with Crippen molar-refractivity contribution in [3.05, 3.63) is 62.3 Å². The summed E-state index contributed by atoms with van der Waals surface area (Å²) in [6.07, 6.45) is 0. The van der Waals surface area contributed by atoms with Crippen molar-refractivity contribution in [1.82, 2.24) is 9.13 Å². The number of amides is 1. The Labute approximate surface area is 175 Å². The van der Waals surface area contributed by atoms with Gasteiger partial charge in [-0.2, -0.15) is 4.99 Å². The predicted molar refractivity (Wildman–Crippen MR) is 111 cm³/mol. The standard InChI is InChI=1S/C19H14BrN3O5S/c1-27-17(25)10-22-13-7-6-11(20)8-15(13)29-18(22)21-16(24)9-23-12-4-2-3-5-14(12)28-19(23)26/h2-8H,9-10H2,1H3. The van der Waals surface area contributed by atoms with Gasteiger partial charge in [-0.25, -0.2) is 4.79 Å². The molecule has 0 N–H and O–H groups in total. The van der Waals surface area contributed by atoms with Gasteiger partial charge in [-0.05, 0) is 30.3 Å². The van der Waals surface area contributed by atoms with E-state index in [4.69, 9.17) is 9.15 Å². The number of carbonyl (C=O) groups is 2. The minimum absolute atomic E-state index is 0.0845. The molecule has 0 aliphatic heterocycles. The first-order valence-corrected chi connectivity index (χ1v) is 10.1. The van der Waals surface area contributed by atoms with Crippen LogP contribution in [0.15, 0.2) is 61.1 Å². The molecule has 0 unspecified atom stereocenters. The Morgan fingerprint density at radius 1 is 1.14 bits per heavy atom. The Morgan fingerprint density at radius 3 is 2.72 bits per heavy atom. The summed E-state index contributed by atoms with van der Waals surface area (Å²) in [6, 6.07) is 12.4. The third kappa shape index (κ3) is 3.81. The van der Waals surface area contributed by atoms with E-state index in [1.54, 1.807) is 28.8 Å². The third-order valence-electron chi connectivity index (χ3n) is 4.25. The van der Waals surface area contributed by atoms with Crippen LogP contribution in [0.3, 0.4) is 0 Å². The molecule has 0 atom stereocenters. The molecule has 2 aromatic heterocycles. The van der Waals surface area contributed by atoms with Crippen molar-refractivity contribution in [2.45, 2.75) is 13.1 Å².